The van der Waals surface area contributed by atoms with Gasteiger partial charge in [0.2, 0.25) is 0 Å². The van der Waals surface area contributed by atoms with Crippen LogP contribution in [0.15, 0.2) is 24.5 Å². The normalized spacial score (nSPS) is 17.3. The minimum atomic E-state index is -1.21. The summed E-state index contributed by atoms with van der Waals surface area (Å²) in [5.74, 6) is -0.967. The van der Waals surface area contributed by atoms with Gasteiger partial charge in [0.05, 0.1) is 23.4 Å². The topological polar surface area (TPSA) is 115 Å². The minimum Gasteiger partial charge on any atom is -0.477 e. The van der Waals surface area contributed by atoms with Gasteiger partial charge in [-0.2, -0.15) is 0 Å². The first-order chi connectivity index (χ1) is 12.0. The molecular weight excluding hydrogens is 346 g/mol. The van der Waals surface area contributed by atoms with Gasteiger partial charge in [0.25, 0.3) is 5.91 Å². The maximum atomic E-state index is 12.8. The lowest BCUT2D eigenvalue weighted by Crippen LogP contribution is -2.32. The van der Waals surface area contributed by atoms with Gasteiger partial charge in [-0.3, -0.25) is 4.79 Å². The molecule has 1 unspecified atom stereocenters. The number of carboxylic acid groups (broad SMARTS) is 1. The lowest BCUT2D eigenvalue weighted by Gasteiger charge is -2.22. The van der Waals surface area contributed by atoms with Crippen molar-refractivity contribution in [2.24, 2.45) is 0 Å². The van der Waals surface area contributed by atoms with Gasteiger partial charge >= 0.3 is 5.97 Å². The SMILES string of the molecule is O=C(O)c1[nH]cnc1C(=O)N1CCCC1c1nc2ccc(Cl)cc2[nH]1. The summed E-state index contributed by atoms with van der Waals surface area (Å²) in [7, 11) is 0. The molecule has 3 heterocycles. The summed E-state index contributed by atoms with van der Waals surface area (Å²) >= 11 is 6.00. The maximum absolute atomic E-state index is 12.8. The van der Waals surface area contributed by atoms with E-state index in [9.17, 15) is 14.7 Å². The smallest absolute Gasteiger partial charge is 0.354 e. The lowest BCUT2D eigenvalue weighted by molar-refractivity contribution is 0.0661. The van der Waals surface area contributed by atoms with Crippen LogP contribution in [0.1, 0.15) is 45.7 Å². The minimum absolute atomic E-state index is 0.0847. The summed E-state index contributed by atoms with van der Waals surface area (Å²) in [5.41, 5.74) is 1.28. The van der Waals surface area contributed by atoms with E-state index in [-0.39, 0.29) is 17.4 Å². The van der Waals surface area contributed by atoms with Gasteiger partial charge < -0.3 is 20.0 Å². The number of carbonyl (C=O) groups is 2. The van der Waals surface area contributed by atoms with Gasteiger partial charge in [-0.15, -0.1) is 0 Å². The number of nitrogens with zero attached hydrogens (tertiary/aromatic N) is 3. The second kappa shape index (κ2) is 5.89. The predicted molar refractivity (Wildman–Crippen MR) is 89.7 cm³/mol. The molecule has 9 heteroatoms. The molecule has 8 nitrogen and oxygen atoms in total. The highest BCUT2D eigenvalue weighted by Crippen LogP contribution is 2.33. The molecule has 2 aromatic heterocycles. The molecule has 0 bridgehead atoms. The number of hydrogen-bond donors (Lipinski definition) is 3. The number of carbonyl (C=O) groups excluding carboxylic acids is 1. The Labute approximate surface area is 146 Å². The summed E-state index contributed by atoms with van der Waals surface area (Å²) in [4.78, 5) is 39.8. The van der Waals surface area contributed by atoms with E-state index in [1.165, 1.54) is 6.33 Å². The second-order valence-corrected chi connectivity index (χ2v) is 6.31. The van der Waals surface area contributed by atoms with Gasteiger partial charge in [-0.25, -0.2) is 14.8 Å². The van der Waals surface area contributed by atoms with Crippen molar-refractivity contribution in [1.82, 2.24) is 24.8 Å². The van der Waals surface area contributed by atoms with Crippen LogP contribution in [0, 0.1) is 0 Å². The summed E-state index contributed by atoms with van der Waals surface area (Å²) in [6.07, 6.45) is 2.76. The third-order valence-corrected chi connectivity index (χ3v) is 4.58. The number of H-pyrrole nitrogens is 2. The predicted octanol–water partition coefficient (Wildman–Crippen LogP) is 2.61. The Hall–Kier alpha value is -2.87. The van der Waals surface area contributed by atoms with E-state index in [4.69, 9.17) is 11.6 Å². The Balaban J connectivity index is 1.68. The Kier molecular flexibility index (Phi) is 3.69. The van der Waals surface area contributed by atoms with Crippen molar-refractivity contribution in [2.75, 3.05) is 6.54 Å². The number of benzene rings is 1. The molecule has 0 radical (unpaired) electrons. The van der Waals surface area contributed by atoms with E-state index < -0.39 is 11.9 Å². The molecule has 0 saturated carbocycles. The van der Waals surface area contributed by atoms with E-state index in [2.05, 4.69) is 19.9 Å². The molecule has 3 N–H and O–H groups in total. The zero-order valence-electron chi connectivity index (χ0n) is 13.0. The largest absolute Gasteiger partial charge is 0.477 e. The summed E-state index contributed by atoms with van der Waals surface area (Å²) in [5, 5.41) is 9.78. The van der Waals surface area contributed by atoms with Gasteiger partial charge in [0.1, 0.15) is 5.82 Å². The van der Waals surface area contributed by atoms with Crippen LogP contribution in [0.25, 0.3) is 11.0 Å². The van der Waals surface area contributed by atoms with Crippen molar-refractivity contribution in [2.45, 2.75) is 18.9 Å². The fourth-order valence-electron chi connectivity index (χ4n) is 3.21. The van der Waals surface area contributed by atoms with Crippen molar-refractivity contribution in [3.8, 4) is 0 Å². The van der Waals surface area contributed by atoms with Crippen LogP contribution >= 0.6 is 11.6 Å². The Bertz CT molecular complexity index is 979. The number of likely N-dealkylation sites (tertiary alicyclic amines) is 1. The van der Waals surface area contributed by atoms with Crippen LogP contribution in [0.3, 0.4) is 0 Å². The lowest BCUT2D eigenvalue weighted by atomic mass is 10.2. The van der Waals surface area contributed by atoms with Gasteiger partial charge in [0.15, 0.2) is 11.4 Å². The maximum Gasteiger partial charge on any atom is 0.354 e. The molecule has 1 aromatic carbocycles. The van der Waals surface area contributed by atoms with Crippen LogP contribution in [-0.4, -0.2) is 48.4 Å². The number of amides is 1. The second-order valence-electron chi connectivity index (χ2n) is 5.87. The van der Waals surface area contributed by atoms with Crippen LogP contribution in [-0.2, 0) is 0 Å². The first-order valence-electron chi connectivity index (χ1n) is 7.77. The number of imidazole rings is 2. The number of aromatic amines is 2. The highest BCUT2D eigenvalue weighted by atomic mass is 35.5. The quantitative estimate of drug-likeness (QED) is 0.665. The van der Waals surface area contributed by atoms with E-state index >= 15 is 0 Å². The number of carboxylic acids is 1. The molecular formula is C16H14ClN5O3. The number of fused-ring (bicyclic) bond motifs is 1. The first kappa shape index (κ1) is 15.6. The number of hydrogen-bond acceptors (Lipinski definition) is 4. The van der Waals surface area contributed by atoms with Crippen molar-refractivity contribution in [3.63, 3.8) is 0 Å². The molecule has 1 aliphatic rings. The van der Waals surface area contributed by atoms with Crippen molar-refractivity contribution < 1.29 is 14.7 Å². The van der Waals surface area contributed by atoms with Gasteiger partial charge in [-0.1, -0.05) is 11.6 Å². The van der Waals surface area contributed by atoms with E-state index in [1.54, 1.807) is 17.0 Å². The zero-order valence-corrected chi connectivity index (χ0v) is 13.7. The van der Waals surface area contributed by atoms with Crippen molar-refractivity contribution >= 4 is 34.5 Å². The van der Waals surface area contributed by atoms with Crippen LogP contribution in [0.5, 0.6) is 0 Å². The molecule has 0 aliphatic carbocycles. The van der Waals surface area contributed by atoms with Gasteiger partial charge in [-0.05, 0) is 31.0 Å². The Morgan fingerprint density at radius 1 is 1.36 bits per heavy atom. The molecule has 3 aromatic rings. The van der Waals surface area contributed by atoms with E-state index in [0.29, 0.717) is 17.4 Å². The summed E-state index contributed by atoms with van der Waals surface area (Å²) in [6.45, 7) is 0.521. The van der Waals surface area contributed by atoms with Crippen LogP contribution < -0.4 is 0 Å². The van der Waals surface area contributed by atoms with Crippen LogP contribution in [0.4, 0.5) is 0 Å². The summed E-state index contributed by atoms with van der Waals surface area (Å²) < 4.78 is 0. The van der Waals surface area contributed by atoms with E-state index in [0.717, 1.165) is 23.9 Å². The number of nitrogens with one attached hydrogen (secondary N) is 2. The fraction of sp³-hybridized carbons (Fsp3) is 0.250. The number of halogens is 1. The number of aromatic carboxylic acids is 1. The third-order valence-electron chi connectivity index (χ3n) is 4.35. The average molecular weight is 360 g/mol. The molecule has 1 atom stereocenters. The highest BCUT2D eigenvalue weighted by molar-refractivity contribution is 6.31. The number of rotatable bonds is 3. The standard InChI is InChI=1S/C16H14ClN5O3/c17-8-3-4-9-10(6-8)21-14(20-9)11-2-1-5-22(11)15(23)12-13(16(24)25)19-7-18-12/h3-4,6-7,11H,1-2,5H2,(H,18,19)(H,20,21)(H,24,25). The monoisotopic (exact) mass is 359 g/mol. The molecule has 1 saturated heterocycles. The van der Waals surface area contributed by atoms with Crippen LogP contribution in [0.2, 0.25) is 5.02 Å². The number of aromatic nitrogens is 4. The van der Waals surface area contributed by atoms with Crippen molar-refractivity contribution in [1.29, 1.82) is 0 Å². The first-order valence-corrected chi connectivity index (χ1v) is 8.15. The molecule has 1 fully saturated rings. The molecule has 4 rings (SSSR count). The molecule has 128 valence electrons. The van der Waals surface area contributed by atoms with Crippen molar-refractivity contribution in [3.05, 3.63) is 46.8 Å². The molecule has 0 spiro atoms. The average Bonchev–Trinajstić information content (AvgIpc) is 3.31. The Morgan fingerprint density at radius 3 is 3.00 bits per heavy atom. The molecule has 1 aliphatic heterocycles. The van der Waals surface area contributed by atoms with E-state index in [1.807, 2.05) is 6.07 Å². The molecule has 1 amide bonds. The van der Waals surface area contributed by atoms with Gasteiger partial charge in [0, 0.05) is 11.6 Å². The Morgan fingerprint density at radius 2 is 2.20 bits per heavy atom. The molecule has 25 heavy (non-hydrogen) atoms. The highest BCUT2D eigenvalue weighted by Gasteiger charge is 2.35. The fourth-order valence-corrected chi connectivity index (χ4v) is 3.38. The zero-order chi connectivity index (χ0) is 17.6. The summed E-state index contributed by atoms with van der Waals surface area (Å²) in [6, 6.07) is 5.10. The third kappa shape index (κ3) is 2.64.